The highest BCUT2D eigenvalue weighted by molar-refractivity contribution is 5.97. The molecule has 1 aliphatic rings. The van der Waals surface area contributed by atoms with Crippen LogP contribution in [0.3, 0.4) is 0 Å². The van der Waals surface area contributed by atoms with E-state index in [0.29, 0.717) is 17.6 Å². The fourth-order valence-electron chi connectivity index (χ4n) is 4.73. The molecule has 8 heteroatoms. The Labute approximate surface area is 180 Å². The first-order valence-electron chi connectivity index (χ1n) is 10.7. The Morgan fingerprint density at radius 1 is 1.23 bits per heavy atom. The van der Waals surface area contributed by atoms with Crippen molar-refractivity contribution in [2.24, 2.45) is 18.7 Å². The number of aryl methyl sites for hydroxylation is 2. The van der Waals surface area contributed by atoms with Gasteiger partial charge < -0.3 is 19.8 Å². The molecule has 0 aromatic carbocycles. The van der Waals surface area contributed by atoms with Gasteiger partial charge in [0.2, 0.25) is 0 Å². The standard InChI is InChI=1S/C23H27N7O/c1-5-29-18(10-15-7-6-8-25-20(15)29)22-27-17-9-16(11-26-21(17)28(22)4)23(31)30-12-13(2)19(24)14(30)3/h6-11,13-14,19H,5,12,24H2,1-4H3/t13-,14-,19-/m0/s1. The van der Waals surface area contributed by atoms with Crippen LogP contribution in [0.4, 0.5) is 0 Å². The molecule has 1 aliphatic heterocycles. The van der Waals surface area contributed by atoms with E-state index in [4.69, 9.17) is 10.7 Å². The number of hydrogen-bond donors (Lipinski definition) is 1. The predicted molar refractivity (Wildman–Crippen MR) is 121 cm³/mol. The highest BCUT2D eigenvalue weighted by Crippen LogP contribution is 2.29. The molecule has 0 bridgehead atoms. The third kappa shape index (κ3) is 2.93. The number of pyridine rings is 2. The van der Waals surface area contributed by atoms with E-state index in [0.717, 1.165) is 34.7 Å². The third-order valence-corrected chi connectivity index (χ3v) is 6.61. The molecule has 1 amide bonds. The first kappa shape index (κ1) is 19.7. The molecule has 4 aromatic rings. The lowest BCUT2D eigenvalue weighted by atomic mass is 10.0. The fraction of sp³-hybridized carbons (Fsp3) is 0.391. The Bertz CT molecular complexity index is 1300. The normalized spacial score (nSPS) is 21.5. The van der Waals surface area contributed by atoms with E-state index in [-0.39, 0.29) is 23.9 Å². The zero-order chi connectivity index (χ0) is 21.9. The van der Waals surface area contributed by atoms with E-state index >= 15 is 0 Å². The van der Waals surface area contributed by atoms with Gasteiger partial charge >= 0.3 is 0 Å². The number of carbonyl (C=O) groups excluding carboxylic acids is 1. The molecule has 0 radical (unpaired) electrons. The fourth-order valence-corrected chi connectivity index (χ4v) is 4.73. The van der Waals surface area contributed by atoms with Crippen molar-refractivity contribution in [2.45, 2.75) is 39.4 Å². The van der Waals surface area contributed by atoms with Crippen LogP contribution < -0.4 is 5.73 Å². The summed E-state index contributed by atoms with van der Waals surface area (Å²) in [6.45, 7) is 7.63. The van der Waals surface area contributed by atoms with Gasteiger partial charge in [0.15, 0.2) is 11.5 Å². The number of imidazole rings is 1. The number of likely N-dealkylation sites (tertiary alicyclic amines) is 1. The molecule has 1 saturated heterocycles. The lowest BCUT2D eigenvalue weighted by molar-refractivity contribution is 0.0739. The van der Waals surface area contributed by atoms with Crippen LogP contribution in [0.5, 0.6) is 0 Å². The summed E-state index contributed by atoms with van der Waals surface area (Å²) in [5, 5.41) is 1.07. The third-order valence-electron chi connectivity index (χ3n) is 6.61. The minimum atomic E-state index is -0.0409. The molecule has 160 valence electrons. The maximum absolute atomic E-state index is 13.2. The minimum Gasteiger partial charge on any atom is -0.334 e. The molecule has 1 fully saturated rings. The van der Waals surface area contributed by atoms with Crippen molar-refractivity contribution >= 4 is 28.1 Å². The Balaban J connectivity index is 1.58. The van der Waals surface area contributed by atoms with Gasteiger partial charge in [0.25, 0.3) is 5.91 Å². The van der Waals surface area contributed by atoms with Crippen molar-refractivity contribution in [1.29, 1.82) is 0 Å². The molecule has 8 nitrogen and oxygen atoms in total. The number of hydrogen-bond acceptors (Lipinski definition) is 5. The van der Waals surface area contributed by atoms with Crippen molar-refractivity contribution in [1.82, 2.24) is 29.0 Å². The summed E-state index contributed by atoms with van der Waals surface area (Å²) in [4.78, 5) is 29.0. The van der Waals surface area contributed by atoms with Gasteiger partial charge in [-0.2, -0.15) is 0 Å². The lowest BCUT2D eigenvalue weighted by Gasteiger charge is -2.23. The molecule has 0 aliphatic carbocycles. The first-order chi connectivity index (χ1) is 14.9. The van der Waals surface area contributed by atoms with Gasteiger partial charge in [-0.25, -0.2) is 15.0 Å². The lowest BCUT2D eigenvalue weighted by Crippen LogP contribution is -2.41. The van der Waals surface area contributed by atoms with Gasteiger partial charge in [0.05, 0.1) is 11.3 Å². The zero-order valence-corrected chi connectivity index (χ0v) is 18.3. The van der Waals surface area contributed by atoms with E-state index in [1.54, 1.807) is 12.4 Å². The van der Waals surface area contributed by atoms with Crippen molar-refractivity contribution in [3.8, 4) is 11.5 Å². The van der Waals surface area contributed by atoms with Gasteiger partial charge in [0, 0.05) is 50.0 Å². The summed E-state index contributed by atoms with van der Waals surface area (Å²) in [6, 6.07) is 7.93. The second kappa shape index (κ2) is 7.16. The Hall–Kier alpha value is -3.26. The Kier molecular flexibility index (Phi) is 4.55. The van der Waals surface area contributed by atoms with Gasteiger partial charge in [-0.3, -0.25) is 4.79 Å². The molecule has 0 unspecified atom stereocenters. The summed E-state index contributed by atoms with van der Waals surface area (Å²) in [5.74, 6) is 1.04. The number of aromatic nitrogens is 5. The number of fused-ring (bicyclic) bond motifs is 2. The van der Waals surface area contributed by atoms with Crippen molar-refractivity contribution in [3.63, 3.8) is 0 Å². The van der Waals surface area contributed by atoms with Crippen molar-refractivity contribution in [2.75, 3.05) is 6.54 Å². The van der Waals surface area contributed by atoms with Crippen molar-refractivity contribution < 1.29 is 4.79 Å². The molecule has 0 saturated carbocycles. The van der Waals surface area contributed by atoms with E-state index in [9.17, 15) is 4.79 Å². The molecule has 3 atom stereocenters. The van der Waals surface area contributed by atoms with Crippen LogP contribution in [0.2, 0.25) is 0 Å². The summed E-state index contributed by atoms with van der Waals surface area (Å²) in [7, 11) is 1.95. The van der Waals surface area contributed by atoms with Crippen molar-refractivity contribution in [3.05, 3.63) is 42.2 Å². The smallest absolute Gasteiger partial charge is 0.255 e. The molecule has 2 N–H and O–H groups in total. The monoisotopic (exact) mass is 417 g/mol. The number of rotatable bonds is 3. The topological polar surface area (TPSA) is 94.9 Å². The number of nitrogens with zero attached hydrogens (tertiary/aromatic N) is 6. The average Bonchev–Trinajstić information content (AvgIpc) is 3.40. The zero-order valence-electron chi connectivity index (χ0n) is 18.3. The summed E-state index contributed by atoms with van der Waals surface area (Å²) >= 11 is 0. The van der Waals surface area contributed by atoms with Gasteiger partial charge in [-0.05, 0) is 44.0 Å². The minimum absolute atomic E-state index is 0.00486. The van der Waals surface area contributed by atoms with Crippen LogP contribution in [0.15, 0.2) is 36.7 Å². The molecule has 5 rings (SSSR count). The Morgan fingerprint density at radius 2 is 2.03 bits per heavy atom. The summed E-state index contributed by atoms with van der Waals surface area (Å²) < 4.78 is 4.12. The number of nitrogens with two attached hydrogens (primary N) is 1. The molecule has 4 aromatic heterocycles. The highest BCUT2D eigenvalue weighted by Gasteiger charge is 2.37. The molecule has 31 heavy (non-hydrogen) atoms. The summed E-state index contributed by atoms with van der Waals surface area (Å²) in [6.07, 6.45) is 3.45. The average molecular weight is 418 g/mol. The second-order valence-electron chi connectivity index (χ2n) is 8.50. The van der Waals surface area contributed by atoms with Crippen LogP contribution in [0.1, 0.15) is 31.1 Å². The van der Waals surface area contributed by atoms with Crippen LogP contribution in [-0.2, 0) is 13.6 Å². The maximum Gasteiger partial charge on any atom is 0.255 e. The summed E-state index contributed by atoms with van der Waals surface area (Å²) in [5.41, 5.74) is 10.1. The van der Waals surface area contributed by atoms with Crippen LogP contribution in [0.25, 0.3) is 33.7 Å². The molecule has 0 spiro atoms. The van der Waals surface area contributed by atoms with E-state index in [2.05, 4.69) is 40.5 Å². The Morgan fingerprint density at radius 3 is 2.74 bits per heavy atom. The quantitative estimate of drug-likeness (QED) is 0.553. The molecular weight excluding hydrogens is 390 g/mol. The highest BCUT2D eigenvalue weighted by atomic mass is 16.2. The van der Waals surface area contributed by atoms with Gasteiger partial charge in [-0.1, -0.05) is 6.92 Å². The SMILES string of the molecule is CCn1c(-c2nc3cc(C(=O)N4C[C@H](C)[C@H](N)[C@@H]4C)cnc3n2C)cc2cccnc21. The van der Waals surface area contributed by atoms with Crippen LogP contribution in [0, 0.1) is 5.92 Å². The number of carbonyl (C=O) groups is 1. The van der Waals surface area contributed by atoms with Crippen LogP contribution in [-0.4, -0.2) is 53.5 Å². The molecule has 5 heterocycles. The van der Waals surface area contributed by atoms with E-state index < -0.39 is 0 Å². The van der Waals surface area contributed by atoms with Gasteiger partial charge in [0.1, 0.15) is 11.2 Å². The predicted octanol–water partition coefficient (Wildman–Crippen LogP) is 2.81. The number of amides is 1. The van der Waals surface area contributed by atoms with E-state index in [1.807, 2.05) is 35.6 Å². The maximum atomic E-state index is 13.2. The molecular formula is C23H27N7O. The van der Waals surface area contributed by atoms with Crippen LogP contribution >= 0.6 is 0 Å². The van der Waals surface area contributed by atoms with E-state index in [1.165, 1.54) is 0 Å². The second-order valence-corrected chi connectivity index (χ2v) is 8.50. The first-order valence-corrected chi connectivity index (χ1v) is 10.7. The largest absolute Gasteiger partial charge is 0.334 e. The van der Waals surface area contributed by atoms with Gasteiger partial charge in [-0.15, -0.1) is 0 Å².